The Morgan fingerprint density at radius 1 is 1.00 bits per heavy atom. The molecule has 29 heavy (non-hydrogen) atoms. The smallest absolute Gasteiger partial charge is 0.271 e. The fourth-order valence-corrected chi connectivity index (χ4v) is 4.56. The van der Waals surface area contributed by atoms with E-state index in [4.69, 9.17) is 4.42 Å². The quantitative estimate of drug-likeness (QED) is 0.580. The number of quaternary nitrogens is 1. The number of sulfonamides is 1. The van der Waals surface area contributed by atoms with Crippen molar-refractivity contribution in [3.8, 4) is 11.5 Å². The van der Waals surface area contributed by atoms with E-state index in [-0.39, 0.29) is 6.04 Å². The van der Waals surface area contributed by atoms with Crippen molar-refractivity contribution >= 4 is 10.0 Å². The summed E-state index contributed by atoms with van der Waals surface area (Å²) in [5, 5.41) is 10.3. The molecule has 0 spiro atoms. The molecule has 0 radical (unpaired) electrons. The molecule has 3 aromatic rings. The lowest BCUT2D eigenvalue weighted by Gasteiger charge is -2.18. The molecule has 0 aliphatic carbocycles. The normalized spacial score (nSPS) is 13.0. The number of hydrogen-bond donors (Lipinski definition) is 1. The van der Waals surface area contributed by atoms with E-state index in [1.165, 1.54) is 4.31 Å². The topological polar surface area (TPSA) is 92.9 Å². The number of benzene rings is 2. The molecule has 7 nitrogen and oxygen atoms in total. The fourth-order valence-electron chi connectivity index (χ4n) is 3.10. The van der Waals surface area contributed by atoms with Crippen LogP contribution in [0, 0.1) is 0 Å². The van der Waals surface area contributed by atoms with Gasteiger partial charge < -0.3 is 9.73 Å². The Morgan fingerprint density at radius 3 is 2.28 bits per heavy atom. The van der Waals surface area contributed by atoms with Gasteiger partial charge in [-0.3, -0.25) is 0 Å². The van der Waals surface area contributed by atoms with Gasteiger partial charge in [0.2, 0.25) is 15.9 Å². The van der Waals surface area contributed by atoms with Crippen molar-refractivity contribution in [2.75, 3.05) is 13.1 Å². The highest BCUT2D eigenvalue weighted by Crippen LogP contribution is 2.19. The second-order valence-electron chi connectivity index (χ2n) is 6.75. The second-order valence-corrected chi connectivity index (χ2v) is 8.69. The summed E-state index contributed by atoms with van der Waals surface area (Å²) in [6, 6.07) is 16.8. The summed E-state index contributed by atoms with van der Waals surface area (Å²) in [6.07, 6.45) is 0. The highest BCUT2D eigenvalue weighted by Gasteiger charge is 2.22. The second kappa shape index (κ2) is 9.30. The predicted octanol–water partition coefficient (Wildman–Crippen LogP) is 2.59. The van der Waals surface area contributed by atoms with Crippen molar-refractivity contribution in [2.24, 2.45) is 0 Å². The van der Waals surface area contributed by atoms with Gasteiger partial charge in [-0.1, -0.05) is 44.2 Å². The number of nitrogens with two attached hydrogens (primary N) is 1. The van der Waals surface area contributed by atoms with Gasteiger partial charge in [-0.2, -0.15) is 4.31 Å². The van der Waals surface area contributed by atoms with Gasteiger partial charge in [-0.15, -0.1) is 10.2 Å². The van der Waals surface area contributed by atoms with E-state index in [1.54, 1.807) is 12.1 Å². The lowest BCUT2D eigenvalue weighted by molar-refractivity contribution is -0.709. The molecule has 1 atom stereocenters. The molecule has 0 aliphatic heterocycles. The van der Waals surface area contributed by atoms with Crippen molar-refractivity contribution < 1.29 is 18.2 Å². The molecule has 0 fully saturated rings. The van der Waals surface area contributed by atoms with E-state index in [0.717, 1.165) is 11.1 Å². The zero-order valence-electron chi connectivity index (χ0n) is 16.9. The van der Waals surface area contributed by atoms with E-state index in [1.807, 2.05) is 56.3 Å². The first-order chi connectivity index (χ1) is 14.0. The summed E-state index contributed by atoms with van der Waals surface area (Å²) in [7, 11) is -3.43. The van der Waals surface area contributed by atoms with Crippen LogP contribution in [0.1, 0.15) is 38.3 Å². The molecular formula is C21H27N4O3S+. The van der Waals surface area contributed by atoms with E-state index in [2.05, 4.69) is 22.4 Å². The first-order valence-corrected chi connectivity index (χ1v) is 11.2. The van der Waals surface area contributed by atoms with Crippen LogP contribution in [0.2, 0.25) is 0 Å². The van der Waals surface area contributed by atoms with Crippen LogP contribution in [0.25, 0.3) is 11.5 Å². The lowest BCUT2D eigenvalue weighted by atomic mass is 10.1. The van der Waals surface area contributed by atoms with Crippen LogP contribution in [0.3, 0.4) is 0 Å². The van der Waals surface area contributed by atoms with Crippen molar-refractivity contribution in [3.63, 3.8) is 0 Å². The Kier molecular flexibility index (Phi) is 6.79. The minimum Gasteiger partial charge on any atom is -0.415 e. The third kappa shape index (κ3) is 4.90. The van der Waals surface area contributed by atoms with E-state index < -0.39 is 10.0 Å². The molecule has 0 saturated heterocycles. The Hall–Kier alpha value is -2.55. The number of aromatic nitrogens is 2. The Morgan fingerprint density at radius 2 is 1.66 bits per heavy atom. The van der Waals surface area contributed by atoms with Crippen LogP contribution in [0.15, 0.2) is 63.9 Å². The molecule has 0 aliphatic rings. The zero-order valence-corrected chi connectivity index (χ0v) is 17.8. The number of rotatable bonds is 9. The molecule has 1 heterocycles. The molecule has 0 unspecified atom stereocenters. The van der Waals surface area contributed by atoms with Crippen LogP contribution in [0.4, 0.5) is 0 Å². The molecular weight excluding hydrogens is 388 g/mol. The van der Waals surface area contributed by atoms with Crippen molar-refractivity contribution in [2.45, 2.75) is 38.3 Å². The minimum absolute atomic E-state index is 0.118. The third-order valence-corrected chi connectivity index (χ3v) is 6.95. The predicted molar refractivity (Wildman–Crippen MR) is 110 cm³/mol. The van der Waals surface area contributed by atoms with Crippen LogP contribution in [-0.2, 0) is 16.6 Å². The highest BCUT2D eigenvalue weighted by molar-refractivity contribution is 7.89. The Balaban J connectivity index is 1.63. The summed E-state index contributed by atoms with van der Waals surface area (Å²) in [4.78, 5) is 0.321. The standard InChI is InChI=1S/C21H26N4O3S/c1-4-25(5-2)29(26,27)19-13-11-17(12-14-19)16(3)22-15-20-23-24-21(28-20)18-9-7-6-8-10-18/h6-14,16,22H,4-5,15H2,1-3H3/p+1/t16-/m0/s1. The van der Waals surface area contributed by atoms with E-state index >= 15 is 0 Å². The SMILES string of the molecule is CCN(CC)S(=O)(=O)c1ccc([C@H](C)[NH2+]Cc2nnc(-c3ccccc3)o2)cc1. The minimum atomic E-state index is -3.43. The maximum atomic E-state index is 12.6. The van der Waals surface area contributed by atoms with Crippen LogP contribution >= 0.6 is 0 Å². The largest absolute Gasteiger partial charge is 0.415 e. The Labute approximate surface area is 171 Å². The number of hydrogen-bond acceptors (Lipinski definition) is 5. The molecule has 0 amide bonds. The summed E-state index contributed by atoms with van der Waals surface area (Å²) >= 11 is 0. The van der Waals surface area contributed by atoms with Gasteiger partial charge in [0.15, 0.2) is 6.54 Å². The van der Waals surface area contributed by atoms with Crippen molar-refractivity contribution in [1.29, 1.82) is 0 Å². The van der Waals surface area contributed by atoms with Crippen LogP contribution < -0.4 is 5.32 Å². The summed E-state index contributed by atoms with van der Waals surface area (Å²) in [5.74, 6) is 1.06. The molecule has 3 rings (SSSR count). The maximum absolute atomic E-state index is 12.6. The van der Waals surface area contributed by atoms with Gasteiger partial charge in [0, 0.05) is 24.2 Å². The van der Waals surface area contributed by atoms with Crippen LogP contribution in [0.5, 0.6) is 0 Å². The highest BCUT2D eigenvalue weighted by atomic mass is 32.2. The van der Waals surface area contributed by atoms with Gasteiger partial charge in [0.1, 0.15) is 6.04 Å². The first kappa shape index (κ1) is 21.2. The molecule has 154 valence electrons. The summed E-state index contributed by atoms with van der Waals surface area (Å²) in [5.41, 5.74) is 1.93. The van der Waals surface area contributed by atoms with E-state index in [9.17, 15) is 8.42 Å². The summed E-state index contributed by atoms with van der Waals surface area (Å²) < 4.78 is 32.4. The van der Waals surface area contributed by atoms with Gasteiger partial charge in [0.05, 0.1) is 4.90 Å². The van der Waals surface area contributed by atoms with Gasteiger partial charge in [0.25, 0.3) is 5.89 Å². The monoisotopic (exact) mass is 415 g/mol. The van der Waals surface area contributed by atoms with Gasteiger partial charge in [-0.25, -0.2) is 8.42 Å². The average Bonchev–Trinajstić information content (AvgIpc) is 3.22. The number of nitrogens with zero attached hydrogens (tertiary/aromatic N) is 3. The fraction of sp³-hybridized carbons (Fsp3) is 0.333. The molecule has 0 bridgehead atoms. The van der Waals surface area contributed by atoms with Crippen molar-refractivity contribution in [1.82, 2.24) is 14.5 Å². The molecule has 2 aromatic carbocycles. The maximum Gasteiger partial charge on any atom is 0.271 e. The first-order valence-electron chi connectivity index (χ1n) is 9.77. The average molecular weight is 416 g/mol. The lowest BCUT2D eigenvalue weighted by Crippen LogP contribution is -2.83. The Bertz CT molecular complexity index is 1010. The molecule has 2 N–H and O–H groups in total. The molecule has 8 heteroatoms. The molecule has 1 aromatic heterocycles. The van der Waals surface area contributed by atoms with Crippen molar-refractivity contribution in [3.05, 3.63) is 66.1 Å². The zero-order chi connectivity index (χ0) is 20.9. The summed E-state index contributed by atoms with van der Waals surface area (Å²) in [6.45, 7) is 7.20. The van der Waals surface area contributed by atoms with E-state index in [0.29, 0.717) is 36.3 Å². The van der Waals surface area contributed by atoms with Crippen LogP contribution in [-0.4, -0.2) is 36.0 Å². The third-order valence-electron chi connectivity index (χ3n) is 4.88. The van der Waals surface area contributed by atoms with Gasteiger partial charge >= 0.3 is 0 Å². The molecule has 0 saturated carbocycles. The van der Waals surface area contributed by atoms with Gasteiger partial charge in [-0.05, 0) is 31.2 Å².